The van der Waals surface area contributed by atoms with Crippen molar-refractivity contribution < 1.29 is 13.8 Å². The molecule has 1 aliphatic carbocycles. The Bertz CT molecular complexity index is 312. The average molecular weight is 231 g/mol. The first-order chi connectivity index (χ1) is 6.83. The van der Waals surface area contributed by atoms with E-state index in [4.69, 9.17) is 5.73 Å². The van der Waals surface area contributed by atoms with Gasteiger partial charge in [0.2, 0.25) is 5.91 Å². The Morgan fingerprint density at radius 3 is 2.73 bits per heavy atom. The fraction of sp³-hybridized carbons (Fsp3) is 0.800. The van der Waals surface area contributed by atoms with Crippen LogP contribution in [0.15, 0.2) is 0 Å². The number of nitrogens with two attached hydrogens (primary N) is 1. The Morgan fingerprint density at radius 1 is 1.60 bits per heavy atom. The monoisotopic (exact) mass is 231 g/mol. The molecule has 15 heavy (non-hydrogen) atoms. The standard InChI is InChI=1S/C10H17NO3S/c1-10(2)4-3-7(12)5-8(10)15(14)6-9(11)13/h8H,3-6H2,1-2H3,(H2,11,13). The van der Waals surface area contributed by atoms with Crippen molar-refractivity contribution in [3.05, 3.63) is 0 Å². The minimum atomic E-state index is -1.32. The lowest BCUT2D eigenvalue weighted by Gasteiger charge is -2.36. The van der Waals surface area contributed by atoms with Crippen LogP contribution < -0.4 is 5.73 Å². The molecule has 0 aliphatic heterocycles. The summed E-state index contributed by atoms with van der Waals surface area (Å²) in [6.07, 6.45) is 1.60. The van der Waals surface area contributed by atoms with Crippen LogP contribution in [0.25, 0.3) is 0 Å². The Kier molecular flexibility index (Phi) is 3.65. The minimum absolute atomic E-state index is 0.136. The van der Waals surface area contributed by atoms with E-state index in [0.717, 1.165) is 6.42 Å². The molecule has 1 fully saturated rings. The SMILES string of the molecule is CC1(C)CCC(=O)CC1S(=O)CC(N)=O. The second-order valence-corrected chi connectivity index (χ2v) is 6.33. The second kappa shape index (κ2) is 4.43. The molecule has 2 atom stereocenters. The lowest BCUT2D eigenvalue weighted by molar-refractivity contribution is -0.122. The highest BCUT2D eigenvalue weighted by Gasteiger charge is 2.39. The molecule has 1 aliphatic rings. The number of hydrogen-bond acceptors (Lipinski definition) is 3. The molecular weight excluding hydrogens is 214 g/mol. The lowest BCUT2D eigenvalue weighted by Crippen LogP contribution is -2.42. The fourth-order valence-corrected chi connectivity index (χ4v) is 3.58. The Morgan fingerprint density at radius 2 is 2.20 bits per heavy atom. The highest BCUT2D eigenvalue weighted by Crippen LogP contribution is 2.37. The van der Waals surface area contributed by atoms with E-state index in [1.165, 1.54) is 0 Å². The first-order valence-electron chi connectivity index (χ1n) is 5.00. The average Bonchev–Trinajstić information content (AvgIpc) is 2.08. The normalized spacial score (nSPS) is 27.3. The first kappa shape index (κ1) is 12.4. The Labute approximate surface area is 92.1 Å². The molecule has 0 aromatic carbocycles. The molecule has 4 nitrogen and oxygen atoms in total. The van der Waals surface area contributed by atoms with Gasteiger partial charge in [0.05, 0.1) is 0 Å². The van der Waals surface area contributed by atoms with E-state index < -0.39 is 16.7 Å². The van der Waals surface area contributed by atoms with E-state index in [0.29, 0.717) is 12.8 Å². The molecule has 1 amide bonds. The van der Waals surface area contributed by atoms with Gasteiger partial charge in [0.25, 0.3) is 0 Å². The quantitative estimate of drug-likeness (QED) is 0.762. The van der Waals surface area contributed by atoms with Crippen molar-refractivity contribution in [2.45, 2.75) is 38.4 Å². The number of rotatable bonds is 3. The summed E-state index contributed by atoms with van der Waals surface area (Å²) in [6, 6.07) is 0. The van der Waals surface area contributed by atoms with Crippen molar-refractivity contribution >= 4 is 22.5 Å². The van der Waals surface area contributed by atoms with Crippen molar-refractivity contribution in [3.8, 4) is 0 Å². The van der Waals surface area contributed by atoms with Crippen molar-refractivity contribution in [1.82, 2.24) is 0 Å². The summed E-state index contributed by atoms with van der Waals surface area (Å²) in [7, 11) is -1.32. The molecule has 1 rings (SSSR count). The molecule has 5 heteroatoms. The largest absolute Gasteiger partial charge is 0.369 e. The van der Waals surface area contributed by atoms with Gasteiger partial charge in [-0.25, -0.2) is 0 Å². The highest BCUT2D eigenvalue weighted by atomic mass is 32.2. The van der Waals surface area contributed by atoms with Gasteiger partial charge < -0.3 is 5.73 Å². The number of carbonyl (C=O) groups is 2. The van der Waals surface area contributed by atoms with Crippen LogP contribution in [0, 0.1) is 5.41 Å². The minimum Gasteiger partial charge on any atom is -0.369 e. The van der Waals surface area contributed by atoms with Crippen LogP contribution in [0.4, 0.5) is 0 Å². The summed E-state index contributed by atoms with van der Waals surface area (Å²) >= 11 is 0. The molecule has 86 valence electrons. The zero-order valence-corrected chi connectivity index (χ0v) is 9.93. The van der Waals surface area contributed by atoms with Gasteiger partial charge >= 0.3 is 0 Å². The topological polar surface area (TPSA) is 77.2 Å². The van der Waals surface area contributed by atoms with Gasteiger partial charge in [-0.1, -0.05) is 13.8 Å². The zero-order valence-electron chi connectivity index (χ0n) is 9.12. The fourth-order valence-electron chi connectivity index (χ4n) is 1.90. The third kappa shape index (κ3) is 3.12. The molecule has 0 heterocycles. The van der Waals surface area contributed by atoms with Gasteiger partial charge in [0.15, 0.2) is 0 Å². The number of carbonyl (C=O) groups excluding carboxylic acids is 2. The van der Waals surface area contributed by atoms with Gasteiger partial charge in [-0.15, -0.1) is 0 Å². The number of primary amides is 1. The molecule has 0 spiro atoms. The molecular formula is C10H17NO3S. The number of ketones is 1. The maximum Gasteiger partial charge on any atom is 0.230 e. The van der Waals surface area contributed by atoms with Crippen LogP contribution in [0.1, 0.15) is 33.1 Å². The summed E-state index contributed by atoms with van der Waals surface area (Å²) in [5, 5.41) is -0.230. The Balaban J connectivity index is 2.76. The predicted octanol–water partition coefficient (Wildman–Crippen LogP) is 0.368. The van der Waals surface area contributed by atoms with E-state index in [1.54, 1.807) is 0 Å². The van der Waals surface area contributed by atoms with Gasteiger partial charge in [-0.2, -0.15) is 0 Å². The number of hydrogen-bond donors (Lipinski definition) is 1. The van der Waals surface area contributed by atoms with Crippen LogP contribution >= 0.6 is 0 Å². The molecule has 0 aromatic heterocycles. The van der Waals surface area contributed by atoms with Crippen LogP contribution in [-0.2, 0) is 20.4 Å². The molecule has 2 unspecified atom stereocenters. The summed E-state index contributed by atoms with van der Waals surface area (Å²) in [5.74, 6) is -0.569. The van der Waals surface area contributed by atoms with Crippen LogP contribution in [0.5, 0.6) is 0 Å². The maximum absolute atomic E-state index is 11.8. The van der Waals surface area contributed by atoms with Crippen LogP contribution in [0.2, 0.25) is 0 Å². The second-order valence-electron chi connectivity index (χ2n) is 4.71. The number of amides is 1. The molecule has 0 saturated heterocycles. The van der Waals surface area contributed by atoms with Gasteiger partial charge in [0.1, 0.15) is 11.5 Å². The first-order valence-corrected chi connectivity index (χ1v) is 6.38. The van der Waals surface area contributed by atoms with Crippen molar-refractivity contribution in [2.75, 3.05) is 5.75 Å². The summed E-state index contributed by atoms with van der Waals surface area (Å²) in [4.78, 5) is 22.0. The van der Waals surface area contributed by atoms with E-state index in [1.807, 2.05) is 13.8 Å². The van der Waals surface area contributed by atoms with Crippen molar-refractivity contribution in [2.24, 2.45) is 11.1 Å². The van der Waals surface area contributed by atoms with Crippen molar-refractivity contribution in [1.29, 1.82) is 0 Å². The van der Waals surface area contributed by atoms with E-state index in [2.05, 4.69) is 0 Å². The van der Waals surface area contributed by atoms with E-state index >= 15 is 0 Å². The molecule has 2 N–H and O–H groups in total. The smallest absolute Gasteiger partial charge is 0.230 e. The predicted molar refractivity (Wildman–Crippen MR) is 58.6 cm³/mol. The third-order valence-electron chi connectivity index (χ3n) is 2.93. The van der Waals surface area contributed by atoms with Crippen molar-refractivity contribution in [3.63, 3.8) is 0 Å². The molecule has 0 aromatic rings. The summed E-state index contributed by atoms with van der Waals surface area (Å²) in [5.41, 5.74) is 4.86. The lowest BCUT2D eigenvalue weighted by atomic mass is 9.76. The third-order valence-corrected chi connectivity index (χ3v) is 4.94. The number of Topliss-reactive ketones (excluding diaryl/α,β-unsaturated/α-hetero) is 1. The van der Waals surface area contributed by atoms with E-state index in [-0.39, 0.29) is 22.2 Å². The molecule has 1 saturated carbocycles. The zero-order chi connectivity index (χ0) is 11.6. The highest BCUT2D eigenvalue weighted by molar-refractivity contribution is 7.86. The maximum atomic E-state index is 11.8. The molecule has 0 bridgehead atoms. The van der Waals surface area contributed by atoms with Crippen LogP contribution in [-0.4, -0.2) is 26.9 Å². The van der Waals surface area contributed by atoms with Gasteiger partial charge in [-0.05, 0) is 11.8 Å². The van der Waals surface area contributed by atoms with Crippen LogP contribution in [0.3, 0.4) is 0 Å². The van der Waals surface area contributed by atoms with Gasteiger partial charge in [0, 0.05) is 28.9 Å². The molecule has 0 radical (unpaired) electrons. The summed E-state index contributed by atoms with van der Waals surface area (Å²) in [6.45, 7) is 3.98. The van der Waals surface area contributed by atoms with E-state index in [9.17, 15) is 13.8 Å². The Hall–Kier alpha value is -0.710. The summed E-state index contributed by atoms with van der Waals surface area (Å²) < 4.78 is 11.8. The van der Waals surface area contributed by atoms with Gasteiger partial charge in [-0.3, -0.25) is 13.8 Å².